The molecule has 20 heavy (non-hydrogen) atoms. The summed E-state index contributed by atoms with van der Waals surface area (Å²) in [6.45, 7) is 9.75. The van der Waals surface area contributed by atoms with Crippen molar-refractivity contribution in [2.75, 3.05) is 6.61 Å². The van der Waals surface area contributed by atoms with Crippen molar-refractivity contribution in [3.63, 3.8) is 0 Å². The highest BCUT2D eigenvalue weighted by atomic mass is 16.5. The predicted octanol–water partition coefficient (Wildman–Crippen LogP) is 6.19. The molecule has 1 rings (SSSR count). The van der Waals surface area contributed by atoms with Gasteiger partial charge in [0.15, 0.2) is 0 Å². The van der Waals surface area contributed by atoms with E-state index < -0.39 is 0 Å². The maximum Gasteiger partial charge on any atom is 0.119 e. The lowest BCUT2D eigenvalue weighted by Crippen LogP contribution is -2.10. The lowest BCUT2D eigenvalue weighted by Gasteiger charge is -2.24. The third-order valence-corrected chi connectivity index (χ3v) is 4.26. The molecule has 0 amide bonds. The van der Waals surface area contributed by atoms with E-state index in [0.29, 0.717) is 5.92 Å². The second kappa shape index (κ2) is 9.85. The molecular weight excluding hydrogens is 244 g/mol. The van der Waals surface area contributed by atoms with Crippen molar-refractivity contribution in [2.45, 2.75) is 72.1 Å². The zero-order valence-electron chi connectivity index (χ0n) is 13.8. The monoisotopic (exact) mass is 276 g/mol. The van der Waals surface area contributed by atoms with E-state index in [1.165, 1.54) is 44.1 Å². The van der Waals surface area contributed by atoms with E-state index in [4.69, 9.17) is 4.74 Å². The average molecular weight is 276 g/mol. The Bertz CT molecular complexity index is 341. The smallest absolute Gasteiger partial charge is 0.119 e. The summed E-state index contributed by atoms with van der Waals surface area (Å²) >= 11 is 0. The van der Waals surface area contributed by atoms with Gasteiger partial charge in [-0.05, 0) is 42.9 Å². The largest absolute Gasteiger partial charge is 0.494 e. The molecular formula is C19H32O. The molecule has 1 heteroatoms. The minimum Gasteiger partial charge on any atom is -0.494 e. The number of unbranched alkanes of at least 4 members (excludes halogenated alkanes) is 2. The summed E-state index contributed by atoms with van der Waals surface area (Å²) in [5.74, 6) is 2.47. The minimum atomic E-state index is 0.655. The van der Waals surface area contributed by atoms with E-state index in [1.54, 1.807) is 0 Å². The topological polar surface area (TPSA) is 9.23 Å². The highest BCUT2D eigenvalue weighted by Crippen LogP contribution is 2.32. The van der Waals surface area contributed by atoms with Crippen molar-refractivity contribution < 1.29 is 4.74 Å². The molecule has 0 fully saturated rings. The number of rotatable bonds is 10. The summed E-state index contributed by atoms with van der Waals surface area (Å²) in [6.07, 6.45) is 8.07. The normalized spacial score (nSPS) is 14.0. The van der Waals surface area contributed by atoms with Crippen molar-refractivity contribution in [1.29, 1.82) is 0 Å². The summed E-state index contributed by atoms with van der Waals surface area (Å²) in [5, 5.41) is 0. The molecule has 0 radical (unpaired) electrons. The van der Waals surface area contributed by atoms with Crippen LogP contribution in [-0.4, -0.2) is 6.61 Å². The van der Waals surface area contributed by atoms with Crippen molar-refractivity contribution in [2.24, 2.45) is 5.92 Å². The number of benzene rings is 1. The van der Waals surface area contributed by atoms with Crippen LogP contribution in [0.25, 0.3) is 0 Å². The van der Waals surface area contributed by atoms with Crippen LogP contribution in [0.4, 0.5) is 0 Å². The Balaban J connectivity index is 2.64. The van der Waals surface area contributed by atoms with Crippen LogP contribution in [0.2, 0.25) is 0 Å². The van der Waals surface area contributed by atoms with E-state index >= 15 is 0 Å². The maximum atomic E-state index is 5.53. The van der Waals surface area contributed by atoms with Gasteiger partial charge in [0.1, 0.15) is 5.75 Å². The Morgan fingerprint density at radius 1 is 0.900 bits per heavy atom. The van der Waals surface area contributed by atoms with Crippen molar-refractivity contribution in [3.05, 3.63) is 29.8 Å². The molecule has 1 aromatic carbocycles. The van der Waals surface area contributed by atoms with E-state index in [2.05, 4.69) is 45.0 Å². The molecule has 0 heterocycles. The predicted molar refractivity (Wildman–Crippen MR) is 88.6 cm³/mol. The maximum absolute atomic E-state index is 5.53. The molecule has 0 aliphatic carbocycles. The molecule has 0 spiro atoms. The van der Waals surface area contributed by atoms with Crippen LogP contribution in [-0.2, 0) is 0 Å². The quantitative estimate of drug-likeness (QED) is 0.463. The zero-order chi connectivity index (χ0) is 14.8. The first-order valence-electron chi connectivity index (χ1n) is 8.45. The summed E-state index contributed by atoms with van der Waals surface area (Å²) in [6, 6.07) is 8.73. The van der Waals surface area contributed by atoms with Gasteiger partial charge in [-0.25, -0.2) is 0 Å². The van der Waals surface area contributed by atoms with Gasteiger partial charge in [0, 0.05) is 0 Å². The highest BCUT2D eigenvalue weighted by molar-refractivity contribution is 5.29. The average Bonchev–Trinajstić information content (AvgIpc) is 2.47. The molecule has 1 nitrogen and oxygen atoms in total. The molecule has 0 saturated carbocycles. The lowest BCUT2D eigenvalue weighted by molar-refractivity contribution is 0.339. The second-order valence-corrected chi connectivity index (χ2v) is 5.84. The Morgan fingerprint density at radius 3 is 2.15 bits per heavy atom. The number of ether oxygens (including phenoxy) is 1. The van der Waals surface area contributed by atoms with E-state index in [-0.39, 0.29) is 0 Å². The van der Waals surface area contributed by atoms with Crippen LogP contribution >= 0.6 is 0 Å². The molecule has 1 aromatic rings. The second-order valence-electron chi connectivity index (χ2n) is 5.84. The van der Waals surface area contributed by atoms with Crippen LogP contribution in [0, 0.1) is 5.92 Å². The number of hydrogen-bond acceptors (Lipinski definition) is 1. The minimum absolute atomic E-state index is 0.655. The summed E-state index contributed by atoms with van der Waals surface area (Å²) in [7, 11) is 0. The Hall–Kier alpha value is -0.980. The van der Waals surface area contributed by atoms with Crippen LogP contribution < -0.4 is 4.74 Å². The van der Waals surface area contributed by atoms with Gasteiger partial charge in [-0.15, -0.1) is 0 Å². The summed E-state index contributed by atoms with van der Waals surface area (Å²) in [5.41, 5.74) is 1.46. The van der Waals surface area contributed by atoms with Crippen molar-refractivity contribution >= 4 is 0 Å². The van der Waals surface area contributed by atoms with E-state index in [1.807, 2.05) is 6.92 Å². The van der Waals surface area contributed by atoms with Crippen LogP contribution in [0.3, 0.4) is 0 Å². The first-order chi connectivity index (χ1) is 9.72. The zero-order valence-corrected chi connectivity index (χ0v) is 13.8. The fourth-order valence-corrected chi connectivity index (χ4v) is 2.98. The van der Waals surface area contributed by atoms with E-state index in [9.17, 15) is 0 Å². The van der Waals surface area contributed by atoms with Gasteiger partial charge in [0.2, 0.25) is 0 Å². The first kappa shape index (κ1) is 17.1. The van der Waals surface area contributed by atoms with Crippen LogP contribution in [0.5, 0.6) is 5.75 Å². The van der Waals surface area contributed by atoms with Gasteiger partial charge in [-0.3, -0.25) is 0 Å². The van der Waals surface area contributed by atoms with Gasteiger partial charge in [0.05, 0.1) is 6.61 Å². The third kappa shape index (κ3) is 5.56. The molecule has 114 valence electrons. The van der Waals surface area contributed by atoms with Crippen LogP contribution in [0.15, 0.2) is 24.3 Å². The Morgan fingerprint density at radius 2 is 1.60 bits per heavy atom. The lowest BCUT2D eigenvalue weighted by atomic mass is 9.81. The molecule has 2 unspecified atom stereocenters. The van der Waals surface area contributed by atoms with Gasteiger partial charge in [-0.1, -0.05) is 65.0 Å². The van der Waals surface area contributed by atoms with Crippen molar-refractivity contribution in [3.8, 4) is 5.75 Å². The fourth-order valence-electron chi connectivity index (χ4n) is 2.98. The fraction of sp³-hybridized carbons (Fsp3) is 0.684. The van der Waals surface area contributed by atoms with Gasteiger partial charge in [-0.2, -0.15) is 0 Å². The van der Waals surface area contributed by atoms with Crippen molar-refractivity contribution in [1.82, 2.24) is 0 Å². The molecule has 0 N–H and O–H groups in total. The molecule has 0 bridgehead atoms. The molecule has 0 aromatic heterocycles. The Labute approximate surface area is 125 Å². The number of hydrogen-bond donors (Lipinski definition) is 0. The van der Waals surface area contributed by atoms with Gasteiger partial charge >= 0.3 is 0 Å². The molecule has 2 atom stereocenters. The Kier molecular flexibility index (Phi) is 8.41. The standard InChI is InChI=1S/C19H32O/c1-5-8-9-11-17(10-6-2)16(4)18-12-14-19(15-13-18)20-7-3/h12-17H,5-11H2,1-4H3. The summed E-state index contributed by atoms with van der Waals surface area (Å²) < 4.78 is 5.53. The molecule has 0 aliphatic heterocycles. The first-order valence-corrected chi connectivity index (χ1v) is 8.45. The third-order valence-electron chi connectivity index (χ3n) is 4.26. The van der Waals surface area contributed by atoms with Gasteiger partial charge < -0.3 is 4.74 Å². The molecule has 0 aliphatic rings. The highest BCUT2D eigenvalue weighted by Gasteiger charge is 2.17. The molecule has 0 saturated heterocycles. The SMILES string of the molecule is CCCCCC(CCC)C(C)c1ccc(OCC)cc1. The summed E-state index contributed by atoms with van der Waals surface area (Å²) in [4.78, 5) is 0. The van der Waals surface area contributed by atoms with Crippen LogP contribution in [0.1, 0.15) is 77.7 Å². The van der Waals surface area contributed by atoms with E-state index in [0.717, 1.165) is 18.3 Å². The van der Waals surface area contributed by atoms with Gasteiger partial charge in [0.25, 0.3) is 0 Å².